The first-order valence-electron chi connectivity index (χ1n) is 8.32. The Morgan fingerprint density at radius 1 is 1.23 bits per heavy atom. The fourth-order valence-electron chi connectivity index (χ4n) is 2.48. The summed E-state index contributed by atoms with van der Waals surface area (Å²) >= 11 is 3.46. The van der Waals surface area contributed by atoms with E-state index in [9.17, 15) is 4.79 Å². The van der Waals surface area contributed by atoms with Gasteiger partial charge in [0.25, 0.3) is 5.91 Å². The van der Waals surface area contributed by atoms with Crippen LogP contribution in [0.2, 0.25) is 0 Å². The molecule has 0 aliphatic heterocycles. The number of anilines is 1. The highest BCUT2D eigenvalue weighted by atomic mass is 79.9. The number of carbonyl (C=O) groups is 1. The fraction of sp³-hybridized carbons (Fsp3) is 0.200. The van der Waals surface area contributed by atoms with Crippen LogP contribution in [0.3, 0.4) is 0 Å². The van der Waals surface area contributed by atoms with Crippen molar-refractivity contribution in [2.45, 2.75) is 26.5 Å². The van der Waals surface area contributed by atoms with Crippen molar-refractivity contribution in [1.29, 1.82) is 0 Å². The Bertz CT molecular complexity index is 890. The monoisotopic (exact) mass is 413 g/mol. The Hall–Kier alpha value is -2.60. The summed E-state index contributed by atoms with van der Waals surface area (Å²) in [4.78, 5) is 12.5. The summed E-state index contributed by atoms with van der Waals surface area (Å²) in [6, 6.07) is 17.4. The van der Waals surface area contributed by atoms with Crippen molar-refractivity contribution in [3.63, 3.8) is 0 Å². The molecule has 6 heteroatoms. The molecule has 3 aromatic rings. The third-order valence-electron chi connectivity index (χ3n) is 3.89. The Kier molecular flexibility index (Phi) is 5.73. The molecular weight excluding hydrogens is 394 g/mol. The molecule has 1 unspecified atom stereocenters. The summed E-state index contributed by atoms with van der Waals surface area (Å²) < 4.78 is 8.46. The molecule has 5 nitrogen and oxygen atoms in total. The van der Waals surface area contributed by atoms with Gasteiger partial charge in [-0.2, -0.15) is 5.10 Å². The number of aryl methyl sites for hydroxylation is 1. The molecule has 0 saturated heterocycles. The number of aromatic nitrogens is 2. The number of halogens is 1. The van der Waals surface area contributed by atoms with E-state index in [1.165, 1.54) is 0 Å². The van der Waals surface area contributed by atoms with Gasteiger partial charge in [-0.1, -0.05) is 45.8 Å². The van der Waals surface area contributed by atoms with Gasteiger partial charge in [0.05, 0.1) is 12.7 Å². The molecule has 0 bridgehead atoms. The van der Waals surface area contributed by atoms with E-state index in [-0.39, 0.29) is 5.91 Å². The number of carbonyl (C=O) groups excluding carboxylic acids is 1. The molecule has 0 fully saturated rings. The molecule has 3 rings (SSSR count). The summed E-state index contributed by atoms with van der Waals surface area (Å²) in [5.41, 5.74) is 2.23. The van der Waals surface area contributed by atoms with Crippen LogP contribution in [0.5, 0.6) is 5.75 Å². The zero-order valence-electron chi connectivity index (χ0n) is 14.6. The molecule has 2 aromatic carbocycles. The van der Waals surface area contributed by atoms with Gasteiger partial charge in [-0.05, 0) is 43.7 Å². The molecule has 0 radical (unpaired) electrons. The Balaban J connectivity index is 1.64. The van der Waals surface area contributed by atoms with Crippen LogP contribution < -0.4 is 10.1 Å². The van der Waals surface area contributed by atoms with Crippen molar-refractivity contribution < 1.29 is 9.53 Å². The van der Waals surface area contributed by atoms with Gasteiger partial charge in [-0.25, -0.2) is 4.68 Å². The minimum Gasteiger partial charge on any atom is -0.481 e. The predicted octanol–water partition coefficient (Wildman–Crippen LogP) is 4.41. The van der Waals surface area contributed by atoms with Crippen molar-refractivity contribution >= 4 is 27.7 Å². The fourth-order valence-corrected chi connectivity index (χ4v) is 2.92. The third kappa shape index (κ3) is 4.73. The first-order chi connectivity index (χ1) is 12.5. The smallest absolute Gasteiger partial charge is 0.266 e. The van der Waals surface area contributed by atoms with Crippen molar-refractivity contribution in [2.24, 2.45) is 0 Å². The van der Waals surface area contributed by atoms with Crippen LogP contribution in [0, 0.1) is 6.92 Å². The molecule has 1 atom stereocenters. The number of ether oxygens (including phenoxy) is 1. The van der Waals surface area contributed by atoms with E-state index in [4.69, 9.17) is 4.74 Å². The second-order valence-corrected chi connectivity index (χ2v) is 6.98. The molecule has 0 spiro atoms. The van der Waals surface area contributed by atoms with Gasteiger partial charge in [-0.15, -0.1) is 0 Å². The molecule has 134 valence electrons. The van der Waals surface area contributed by atoms with E-state index in [0.717, 1.165) is 15.6 Å². The van der Waals surface area contributed by atoms with Crippen LogP contribution in [0.1, 0.15) is 18.1 Å². The Morgan fingerprint density at radius 3 is 2.73 bits per heavy atom. The van der Waals surface area contributed by atoms with Crippen molar-refractivity contribution in [2.75, 3.05) is 5.32 Å². The van der Waals surface area contributed by atoms with E-state index >= 15 is 0 Å². The van der Waals surface area contributed by atoms with Gasteiger partial charge in [-0.3, -0.25) is 4.79 Å². The van der Waals surface area contributed by atoms with E-state index in [1.54, 1.807) is 23.9 Å². The van der Waals surface area contributed by atoms with Crippen molar-refractivity contribution in [3.8, 4) is 5.75 Å². The minimum atomic E-state index is -0.619. The highest BCUT2D eigenvalue weighted by Gasteiger charge is 2.17. The lowest BCUT2D eigenvalue weighted by molar-refractivity contribution is -0.122. The molecule has 1 amide bonds. The molecule has 0 aliphatic carbocycles. The topological polar surface area (TPSA) is 56.1 Å². The summed E-state index contributed by atoms with van der Waals surface area (Å²) in [5.74, 6) is 1.08. The number of rotatable bonds is 6. The van der Waals surface area contributed by atoms with Gasteiger partial charge >= 0.3 is 0 Å². The highest BCUT2D eigenvalue weighted by Crippen LogP contribution is 2.17. The zero-order valence-corrected chi connectivity index (χ0v) is 16.2. The van der Waals surface area contributed by atoms with Gasteiger partial charge in [0.1, 0.15) is 11.6 Å². The number of nitrogens with one attached hydrogen (secondary N) is 1. The molecule has 1 N–H and O–H groups in total. The number of benzene rings is 2. The number of hydrogen-bond donors (Lipinski definition) is 1. The predicted molar refractivity (Wildman–Crippen MR) is 105 cm³/mol. The van der Waals surface area contributed by atoms with Crippen LogP contribution in [-0.4, -0.2) is 21.8 Å². The van der Waals surface area contributed by atoms with Crippen LogP contribution in [0.15, 0.2) is 65.3 Å². The van der Waals surface area contributed by atoms with E-state index < -0.39 is 6.10 Å². The van der Waals surface area contributed by atoms with Gasteiger partial charge < -0.3 is 10.1 Å². The first kappa shape index (κ1) is 18.2. The lowest BCUT2D eigenvalue weighted by Crippen LogP contribution is -2.31. The van der Waals surface area contributed by atoms with Gasteiger partial charge in [0.15, 0.2) is 6.10 Å². The number of hydrogen-bond acceptors (Lipinski definition) is 3. The maximum atomic E-state index is 12.5. The SMILES string of the molecule is Cc1ccc(OC(C)C(=O)Nc2ccnn2Cc2cccc(Br)c2)cc1. The maximum absolute atomic E-state index is 12.5. The van der Waals surface area contributed by atoms with Crippen LogP contribution in [-0.2, 0) is 11.3 Å². The second kappa shape index (κ2) is 8.19. The molecular formula is C20H20BrN3O2. The summed E-state index contributed by atoms with van der Waals surface area (Å²) in [5, 5.41) is 7.17. The van der Waals surface area contributed by atoms with Gasteiger partial charge in [0, 0.05) is 10.5 Å². The minimum absolute atomic E-state index is 0.221. The van der Waals surface area contributed by atoms with E-state index in [0.29, 0.717) is 18.1 Å². The molecule has 0 aliphatic rings. The normalized spacial score (nSPS) is 11.8. The molecule has 0 saturated carbocycles. The summed E-state index contributed by atoms with van der Waals surface area (Å²) in [7, 11) is 0. The largest absolute Gasteiger partial charge is 0.481 e. The Morgan fingerprint density at radius 2 is 2.00 bits per heavy atom. The summed E-state index contributed by atoms with van der Waals surface area (Å²) in [6.45, 7) is 4.30. The van der Waals surface area contributed by atoms with Crippen LogP contribution in [0.25, 0.3) is 0 Å². The maximum Gasteiger partial charge on any atom is 0.266 e. The average molecular weight is 414 g/mol. The first-order valence-corrected chi connectivity index (χ1v) is 9.11. The van der Waals surface area contributed by atoms with E-state index in [1.807, 2.05) is 55.5 Å². The lowest BCUT2D eigenvalue weighted by Gasteiger charge is -2.15. The summed E-state index contributed by atoms with van der Waals surface area (Å²) in [6.07, 6.45) is 1.05. The van der Waals surface area contributed by atoms with Crippen LogP contribution in [0.4, 0.5) is 5.82 Å². The molecule has 1 aromatic heterocycles. The van der Waals surface area contributed by atoms with Gasteiger partial charge in [0.2, 0.25) is 0 Å². The quantitative estimate of drug-likeness (QED) is 0.650. The highest BCUT2D eigenvalue weighted by molar-refractivity contribution is 9.10. The molecule has 1 heterocycles. The van der Waals surface area contributed by atoms with E-state index in [2.05, 4.69) is 26.3 Å². The lowest BCUT2D eigenvalue weighted by atomic mass is 10.2. The van der Waals surface area contributed by atoms with Crippen molar-refractivity contribution in [1.82, 2.24) is 9.78 Å². The Labute approximate surface area is 161 Å². The molecule has 26 heavy (non-hydrogen) atoms. The average Bonchev–Trinajstić information content (AvgIpc) is 3.03. The van der Waals surface area contributed by atoms with Crippen molar-refractivity contribution in [3.05, 3.63) is 76.4 Å². The number of nitrogens with zero attached hydrogens (tertiary/aromatic N) is 2. The van der Waals surface area contributed by atoms with Crippen LogP contribution >= 0.6 is 15.9 Å². The standard InChI is InChI=1S/C20H20BrN3O2/c1-14-6-8-18(9-7-14)26-15(2)20(25)23-19-10-11-22-24(19)13-16-4-3-5-17(21)12-16/h3-12,15H,13H2,1-2H3,(H,23,25). The third-order valence-corrected chi connectivity index (χ3v) is 4.39. The zero-order chi connectivity index (χ0) is 18.5. The number of amides is 1. The second-order valence-electron chi connectivity index (χ2n) is 6.07.